The van der Waals surface area contributed by atoms with Gasteiger partial charge in [-0.15, -0.1) is 0 Å². The summed E-state index contributed by atoms with van der Waals surface area (Å²) in [5.41, 5.74) is 1.38. The Morgan fingerprint density at radius 1 is 1.25 bits per heavy atom. The summed E-state index contributed by atoms with van der Waals surface area (Å²) in [7, 11) is 0. The molecule has 0 radical (unpaired) electrons. The quantitative estimate of drug-likeness (QED) is 0.686. The normalized spacial score (nSPS) is 10.3. The first kappa shape index (κ1) is 14.0. The van der Waals surface area contributed by atoms with Crippen molar-refractivity contribution < 1.29 is 14.8 Å². The van der Waals surface area contributed by atoms with Gasteiger partial charge in [-0.05, 0) is 36.2 Å². The van der Waals surface area contributed by atoms with Gasteiger partial charge in [0.25, 0.3) is 5.69 Å². The maximum absolute atomic E-state index is 11.1. The standard InChI is InChI=1S/C14H10ClNO4/c1-8-2-3-9(6-12(8)15)11-5-4-10(14(17)18)7-13(11)16(19)20/h2-7H,1H3,(H,17,18). The van der Waals surface area contributed by atoms with Gasteiger partial charge in [0, 0.05) is 11.1 Å². The molecule has 0 aliphatic rings. The number of nitro groups is 1. The fourth-order valence-corrected chi connectivity index (χ4v) is 2.00. The fourth-order valence-electron chi connectivity index (χ4n) is 1.82. The van der Waals surface area contributed by atoms with Crippen molar-refractivity contribution in [3.63, 3.8) is 0 Å². The summed E-state index contributed by atoms with van der Waals surface area (Å²) in [5, 5.41) is 20.5. The maximum atomic E-state index is 11.1. The van der Waals surface area contributed by atoms with Gasteiger partial charge >= 0.3 is 5.97 Å². The van der Waals surface area contributed by atoms with Crippen LogP contribution in [0.3, 0.4) is 0 Å². The van der Waals surface area contributed by atoms with Crippen molar-refractivity contribution >= 4 is 23.3 Å². The molecular weight excluding hydrogens is 282 g/mol. The molecule has 102 valence electrons. The summed E-state index contributed by atoms with van der Waals surface area (Å²) in [6, 6.07) is 8.89. The lowest BCUT2D eigenvalue weighted by Crippen LogP contribution is -1.99. The number of hydrogen-bond acceptors (Lipinski definition) is 3. The molecule has 0 heterocycles. The summed E-state index contributed by atoms with van der Waals surface area (Å²) < 4.78 is 0. The van der Waals surface area contributed by atoms with E-state index in [4.69, 9.17) is 16.7 Å². The number of aryl methyl sites for hydroxylation is 1. The third-order valence-electron chi connectivity index (χ3n) is 2.92. The molecule has 0 fully saturated rings. The number of aromatic carboxylic acids is 1. The Morgan fingerprint density at radius 3 is 2.50 bits per heavy atom. The molecule has 0 atom stereocenters. The van der Waals surface area contributed by atoms with Crippen molar-refractivity contribution in [2.75, 3.05) is 0 Å². The molecule has 20 heavy (non-hydrogen) atoms. The van der Waals surface area contributed by atoms with Crippen LogP contribution in [0.15, 0.2) is 36.4 Å². The minimum absolute atomic E-state index is 0.126. The summed E-state index contributed by atoms with van der Waals surface area (Å²) in [6.45, 7) is 1.83. The van der Waals surface area contributed by atoms with E-state index in [-0.39, 0.29) is 11.3 Å². The van der Waals surface area contributed by atoms with Gasteiger partial charge in [-0.25, -0.2) is 4.79 Å². The molecule has 0 aliphatic carbocycles. The lowest BCUT2D eigenvalue weighted by Gasteiger charge is -2.06. The smallest absolute Gasteiger partial charge is 0.335 e. The number of carboxylic acid groups (broad SMARTS) is 1. The topological polar surface area (TPSA) is 80.4 Å². The second-order valence-corrected chi connectivity index (χ2v) is 4.67. The zero-order chi connectivity index (χ0) is 14.9. The van der Waals surface area contributed by atoms with Crippen molar-refractivity contribution in [3.05, 3.63) is 62.7 Å². The van der Waals surface area contributed by atoms with E-state index in [1.165, 1.54) is 12.1 Å². The van der Waals surface area contributed by atoms with Gasteiger partial charge in [0.05, 0.1) is 16.1 Å². The molecule has 0 bridgehead atoms. The predicted octanol–water partition coefficient (Wildman–Crippen LogP) is 3.92. The van der Waals surface area contributed by atoms with E-state index in [1.807, 2.05) is 6.92 Å². The first-order chi connectivity index (χ1) is 9.40. The van der Waals surface area contributed by atoms with Gasteiger partial charge in [0.15, 0.2) is 0 Å². The van der Waals surface area contributed by atoms with E-state index in [2.05, 4.69) is 0 Å². The van der Waals surface area contributed by atoms with E-state index in [0.717, 1.165) is 11.6 Å². The molecule has 0 saturated carbocycles. The molecule has 2 aromatic carbocycles. The van der Waals surface area contributed by atoms with Gasteiger partial charge < -0.3 is 5.11 Å². The Kier molecular flexibility index (Phi) is 3.72. The van der Waals surface area contributed by atoms with Crippen LogP contribution in [0.4, 0.5) is 5.69 Å². The van der Waals surface area contributed by atoms with Crippen LogP contribution in [0.25, 0.3) is 11.1 Å². The summed E-state index contributed by atoms with van der Waals surface area (Å²) in [5.74, 6) is -1.21. The number of nitro benzene ring substituents is 1. The van der Waals surface area contributed by atoms with Gasteiger partial charge in [-0.1, -0.05) is 23.7 Å². The Morgan fingerprint density at radius 2 is 1.95 bits per heavy atom. The molecule has 0 amide bonds. The first-order valence-corrected chi connectivity index (χ1v) is 6.06. The van der Waals surface area contributed by atoms with Crippen molar-refractivity contribution in [2.45, 2.75) is 6.92 Å². The Hall–Kier alpha value is -2.40. The number of halogens is 1. The molecular formula is C14H10ClNO4. The van der Waals surface area contributed by atoms with E-state index >= 15 is 0 Å². The molecule has 0 aromatic heterocycles. The van der Waals surface area contributed by atoms with E-state index in [9.17, 15) is 14.9 Å². The van der Waals surface area contributed by atoms with E-state index in [0.29, 0.717) is 16.1 Å². The van der Waals surface area contributed by atoms with Crippen molar-refractivity contribution in [1.82, 2.24) is 0 Å². The average Bonchev–Trinajstić information content (AvgIpc) is 2.41. The molecule has 0 spiro atoms. The van der Waals surface area contributed by atoms with Crippen LogP contribution in [-0.4, -0.2) is 16.0 Å². The first-order valence-electron chi connectivity index (χ1n) is 5.68. The zero-order valence-electron chi connectivity index (χ0n) is 10.5. The van der Waals surface area contributed by atoms with Gasteiger partial charge in [0.2, 0.25) is 0 Å². The number of carbonyl (C=O) groups is 1. The molecule has 0 unspecified atom stereocenters. The highest BCUT2D eigenvalue weighted by Gasteiger charge is 2.18. The lowest BCUT2D eigenvalue weighted by molar-refractivity contribution is -0.384. The van der Waals surface area contributed by atoms with Crippen LogP contribution in [-0.2, 0) is 0 Å². The molecule has 2 rings (SSSR count). The highest BCUT2D eigenvalue weighted by molar-refractivity contribution is 6.31. The Labute approximate surface area is 119 Å². The second kappa shape index (κ2) is 5.30. The average molecular weight is 292 g/mol. The largest absolute Gasteiger partial charge is 0.478 e. The van der Waals surface area contributed by atoms with Crippen LogP contribution in [0, 0.1) is 17.0 Å². The SMILES string of the molecule is Cc1ccc(-c2ccc(C(=O)O)cc2[N+](=O)[O-])cc1Cl. The van der Waals surface area contributed by atoms with Crippen LogP contribution < -0.4 is 0 Å². The summed E-state index contributed by atoms with van der Waals surface area (Å²) in [4.78, 5) is 21.4. The fraction of sp³-hybridized carbons (Fsp3) is 0.0714. The Bertz CT molecular complexity index is 712. The lowest BCUT2D eigenvalue weighted by atomic mass is 10.0. The molecule has 0 saturated heterocycles. The van der Waals surface area contributed by atoms with Crippen LogP contribution in [0.5, 0.6) is 0 Å². The number of nitrogens with zero attached hydrogens (tertiary/aromatic N) is 1. The molecule has 1 N–H and O–H groups in total. The van der Waals surface area contributed by atoms with E-state index in [1.54, 1.807) is 18.2 Å². The number of benzene rings is 2. The van der Waals surface area contributed by atoms with Crippen molar-refractivity contribution in [2.24, 2.45) is 0 Å². The van der Waals surface area contributed by atoms with Crippen LogP contribution in [0.2, 0.25) is 5.02 Å². The maximum Gasteiger partial charge on any atom is 0.335 e. The third-order valence-corrected chi connectivity index (χ3v) is 3.33. The summed E-state index contributed by atoms with van der Waals surface area (Å²) >= 11 is 6.01. The molecule has 0 aliphatic heterocycles. The highest BCUT2D eigenvalue weighted by atomic mass is 35.5. The molecule has 6 heteroatoms. The number of hydrogen-bond donors (Lipinski definition) is 1. The van der Waals surface area contributed by atoms with Crippen LogP contribution >= 0.6 is 11.6 Å². The van der Waals surface area contributed by atoms with Gasteiger partial charge in [-0.3, -0.25) is 10.1 Å². The monoisotopic (exact) mass is 291 g/mol. The van der Waals surface area contributed by atoms with E-state index < -0.39 is 10.9 Å². The van der Waals surface area contributed by atoms with Crippen molar-refractivity contribution in [3.8, 4) is 11.1 Å². The predicted molar refractivity (Wildman–Crippen MR) is 75.2 cm³/mol. The highest BCUT2D eigenvalue weighted by Crippen LogP contribution is 2.33. The number of carboxylic acids is 1. The minimum atomic E-state index is -1.21. The Balaban J connectivity index is 2.63. The van der Waals surface area contributed by atoms with Gasteiger partial charge in [0.1, 0.15) is 0 Å². The minimum Gasteiger partial charge on any atom is -0.478 e. The summed E-state index contributed by atoms with van der Waals surface area (Å²) in [6.07, 6.45) is 0. The molecule has 5 nitrogen and oxygen atoms in total. The van der Waals surface area contributed by atoms with Crippen LogP contribution in [0.1, 0.15) is 15.9 Å². The third kappa shape index (κ3) is 2.62. The number of rotatable bonds is 3. The molecule has 2 aromatic rings. The van der Waals surface area contributed by atoms with Crippen molar-refractivity contribution in [1.29, 1.82) is 0 Å². The van der Waals surface area contributed by atoms with Gasteiger partial charge in [-0.2, -0.15) is 0 Å². The second-order valence-electron chi connectivity index (χ2n) is 4.26. The zero-order valence-corrected chi connectivity index (χ0v) is 11.2.